The summed E-state index contributed by atoms with van der Waals surface area (Å²) in [5.41, 5.74) is 2.00. The second-order valence-electron chi connectivity index (χ2n) is 6.54. The first-order chi connectivity index (χ1) is 13.9. The average molecular weight is 389 g/mol. The number of carbonyl (C=O) groups is 2. The molecule has 3 aromatic rings. The van der Waals surface area contributed by atoms with Gasteiger partial charge in [0, 0.05) is 12.3 Å². The summed E-state index contributed by atoms with van der Waals surface area (Å²) in [5.74, 6) is -3.68. The van der Waals surface area contributed by atoms with Crippen LogP contribution in [0.4, 0.5) is 0 Å². The summed E-state index contributed by atoms with van der Waals surface area (Å²) in [5, 5.41) is 19.0. The third-order valence-electron chi connectivity index (χ3n) is 4.34. The van der Waals surface area contributed by atoms with E-state index in [2.05, 4.69) is 0 Å². The van der Waals surface area contributed by atoms with Crippen molar-refractivity contribution in [2.75, 3.05) is 0 Å². The highest BCUT2D eigenvalue weighted by Crippen LogP contribution is 2.15. The zero-order valence-corrected chi connectivity index (χ0v) is 15.5. The molecular weight excluding hydrogens is 370 g/mol. The molecule has 6 heteroatoms. The number of aliphatic hydroxyl groups excluding tert-OH is 1. The maximum absolute atomic E-state index is 12.9. The second kappa shape index (κ2) is 8.84. The number of nitrogens with zero attached hydrogens (tertiary/aromatic N) is 1. The normalized spacial score (nSPS) is 11.2. The average Bonchev–Trinajstić information content (AvgIpc) is 2.71. The predicted octanol–water partition coefficient (Wildman–Crippen LogP) is 3.04. The van der Waals surface area contributed by atoms with Crippen LogP contribution in [0.5, 0.6) is 0 Å². The number of benzene rings is 2. The van der Waals surface area contributed by atoms with Crippen molar-refractivity contribution < 1.29 is 19.8 Å². The lowest BCUT2D eigenvalue weighted by Crippen LogP contribution is -2.25. The van der Waals surface area contributed by atoms with E-state index in [-0.39, 0.29) is 12.1 Å². The molecule has 0 saturated carbocycles. The highest BCUT2D eigenvalue weighted by Gasteiger charge is 2.15. The van der Waals surface area contributed by atoms with Gasteiger partial charge < -0.3 is 14.8 Å². The molecule has 2 N–H and O–H groups in total. The van der Waals surface area contributed by atoms with E-state index in [1.807, 2.05) is 60.7 Å². The predicted molar refractivity (Wildman–Crippen MR) is 109 cm³/mol. The van der Waals surface area contributed by atoms with Crippen LogP contribution in [0.1, 0.15) is 22.3 Å². The summed E-state index contributed by atoms with van der Waals surface area (Å²) >= 11 is 0. The molecule has 0 atom stereocenters. The number of aliphatic carboxylic acids is 1. The van der Waals surface area contributed by atoms with Gasteiger partial charge in [-0.25, -0.2) is 4.79 Å². The minimum absolute atomic E-state index is 0.121. The van der Waals surface area contributed by atoms with E-state index in [4.69, 9.17) is 5.11 Å². The van der Waals surface area contributed by atoms with Crippen molar-refractivity contribution in [3.05, 3.63) is 112 Å². The third-order valence-corrected chi connectivity index (χ3v) is 4.34. The SMILES string of the molecule is O=C(O)C(=O)C=C(O)c1cc(Cc2ccccc2)cn(Cc2ccccc2)c1=O. The molecule has 0 unspecified atom stereocenters. The monoisotopic (exact) mass is 389 g/mol. The quantitative estimate of drug-likeness (QED) is 0.368. The van der Waals surface area contributed by atoms with Gasteiger partial charge in [-0.15, -0.1) is 0 Å². The Bertz CT molecular complexity index is 1120. The highest BCUT2D eigenvalue weighted by atomic mass is 16.4. The van der Waals surface area contributed by atoms with Crippen molar-refractivity contribution in [2.45, 2.75) is 13.0 Å². The van der Waals surface area contributed by atoms with Crippen LogP contribution in [0, 0.1) is 0 Å². The molecule has 0 bridgehead atoms. The number of ketones is 1. The molecular formula is C23H19NO5. The van der Waals surface area contributed by atoms with Crippen LogP contribution < -0.4 is 5.56 Å². The van der Waals surface area contributed by atoms with Crippen molar-refractivity contribution in [2.24, 2.45) is 0 Å². The van der Waals surface area contributed by atoms with Crippen LogP contribution in [-0.2, 0) is 22.6 Å². The molecule has 0 aliphatic carbocycles. The lowest BCUT2D eigenvalue weighted by Gasteiger charge is -2.12. The molecule has 0 fully saturated rings. The van der Waals surface area contributed by atoms with Crippen molar-refractivity contribution in [1.29, 1.82) is 0 Å². The third kappa shape index (κ3) is 5.07. The summed E-state index contributed by atoms with van der Waals surface area (Å²) in [6.45, 7) is 0.273. The fourth-order valence-electron chi connectivity index (χ4n) is 2.97. The molecule has 0 radical (unpaired) electrons. The first-order valence-corrected chi connectivity index (χ1v) is 8.93. The van der Waals surface area contributed by atoms with E-state index in [1.165, 1.54) is 10.6 Å². The zero-order chi connectivity index (χ0) is 20.8. The van der Waals surface area contributed by atoms with Gasteiger partial charge in [-0.1, -0.05) is 60.7 Å². The molecule has 0 amide bonds. The number of rotatable bonds is 7. The molecule has 29 heavy (non-hydrogen) atoms. The number of aromatic nitrogens is 1. The topological polar surface area (TPSA) is 96.6 Å². The number of carbonyl (C=O) groups excluding carboxylic acids is 1. The Morgan fingerprint density at radius 1 is 0.862 bits per heavy atom. The van der Waals surface area contributed by atoms with Crippen molar-refractivity contribution in [3.63, 3.8) is 0 Å². The molecule has 6 nitrogen and oxygen atoms in total. The first kappa shape index (κ1) is 19.8. The van der Waals surface area contributed by atoms with E-state index >= 15 is 0 Å². The Morgan fingerprint density at radius 2 is 1.45 bits per heavy atom. The number of carboxylic acid groups (broad SMARTS) is 1. The molecule has 1 aromatic heterocycles. The Kier molecular flexibility index (Phi) is 6.04. The zero-order valence-electron chi connectivity index (χ0n) is 15.5. The fourth-order valence-corrected chi connectivity index (χ4v) is 2.97. The van der Waals surface area contributed by atoms with Crippen LogP contribution in [-0.4, -0.2) is 26.5 Å². The molecule has 1 heterocycles. The smallest absolute Gasteiger partial charge is 0.376 e. The van der Waals surface area contributed by atoms with E-state index in [0.29, 0.717) is 12.5 Å². The number of pyridine rings is 1. The Hall–Kier alpha value is -3.93. The van der Waals surface area contributed by atoms with E-state index < -0.39 is 23.1 Å². The van der Waals surface area contributed by atoms with Gasteiger partial charge in [-0.2, -0.15) is 0 Å². The van der Waals surface area contributed by atoms with Crippen LogP contribution in [0.2, 0.25) is 0 Å². The largest absolute Gasteiger partial charge is 0.507 e. The minimum atomic E-state index is -1.71. The molecule has 0 spiro atoms. The number of hydrogen-bond donors (Lipinski definition) is 2. The van der Waals surface area contributed by atoms with E-state index in [1.54, 1.807) is 6.20 Å². The minimum Gasteiger partial charge on any atom is -0.507 e. The van der Waals surface area contributed by atoms with Gasteiger partial charge in [-0.3, -0.25) is 9.59 Å². The molecule has 3 rings (SSSR count). The second-order valence-corrected chi connectivity index (χ2v) is 6.54. The lowest BCUT2D eigenvalue weighted by atomic mass is 10.0. The van der Waals surface area contributed by atoms with E-state index in [9.17, 15) is 19.5 Å². The van der Waals surface area contributed by atoms with Gasteiger partial charge in [0.1, 0.15) is 5.76 Å². The summed E-state index contributed by atoms with van der Waals surface area (Å²) in [7, 11) is 0. The summed E-state index contributed by atoms with van der Waals surface area (Å²) in [6.07, 6.45) is 2.76. The van der Waals surface area contributed by atoms with Crippen LogP contribution in [0.25, 0.3) is 5.76 Å². The van der Waals surface area contributed by atoms with Gasteiger partial charge in [-0.05, 0) is 29.2 Å². The van der Waals surface area contributed by atoms with E-state index in [0.717, 1.165) is 16.7 Å². The van der Waals surface area contributed by atoms with Gasteiger partial charge in [0.2, 0.25) is 0 Å². The molecule has 0 aliphatic rings. The summed E-state index contributed by atoms with van der Waals surface area (Å²) in [6, 6.07) is 20.4. The van der Waals surface area contributed by atoms with Gasteiger partial charge in [0.15, 0.2) is 0 Å². The van der Waals surface area contributed by atoms with Crippen LogP contribution >= 0.6 is 0 Å². The van der Waals surface area contributed by atoms with Crippen LogP contribution in [0.3, 0.4) is 0 Å². The van der Waals surface area contributed by atoms with Gasteiger partial charge in [0.25, 0.3) is 11.3 Å². The summed E-state index contributed by atoms with van der Waals surface area (Å²) < 4.78 is 1.44. The highest BCUT2D eigenvalue weighted by molar-refractivity contribution is 6.38. The van der Waals surface area contributed by atoms with Crippen molar-refractivity contribution in [3.8, 4) is 0 Å². The maximum atomic E-state index is 12.9. The van der Waals surface area contributed by atoms with Gasteiger partial charge >= 0.3 is 5.97 Å². The Labute approximate surface area is 167 Å². The molecule has 146 valence electrons. The molecule has 0 aliphatic heterocycles. The Balaban J connectivity index is 2.07. The summed E-state index contributed by atoms with van der Waals surface area (Å²) in [4.78, 5) is 35.1. The number of carboxylic acids is 1. The fraction of sp³-hybridized carbons (Fsp3) is 0.0870. The first-order valence-electron chi connectivity index (χ1n) is 8.93. The maximum Gasteiger partial charge on any atom is 0.376 e. The van der Waals surface area contributed by atoms with Crippen molar-refractivity contribution in [1.82, 2.24) is 4.57 Å². The van der Waals surface area contributed by atoms with Crippen molar-refractivity contribution >= 4 is 17.5 Å². The van der Waals surface area contributed by atoms with Crippen LogP contribution in [0.15, 0.2) is 83.8 Å². The standard InChI is InChI=1S/C23H19NO5/c25-20(13-21(26)23(28)29)19-12-18(11-16-7-3-1-4-8-16)15-24(22(19)27)14-17-9-5-2-6-10-17/h1-10,12-13,15,25H,11,14H2,(H,28,29). The molecule has 0 saturated heterocycles. The lowest BCUT2D eigenvalue weighted by molar-refractivity contribution is -0.146. The number of aliphatic hydroxyl groups is 1. The molecule has 2 aromatic carbocycles. The van der Waals surface area contributed by atoms with Gasteiger partial charge in [0.05, 0.1) is 12.1 Å². The number of hydrogen-bond acceptors (Lipinski definition) is 4. The Morgan fingerprint density at radius 3 is 2.03 bits per heavy atom.